The summed E-state index contributed by atoms with van der Waals surface area (Å²) in [5, 5.41) is 23.8. The van der Waals surface area contributed by atoms with E-state index in [1.54, 1.807) is 32.0 Å². The molecule has 2 aromatic carbocycles. The van der Waals surface area contributed by atoms with Crippen LogP contribution in [0.1, 0.15) is 57.4 Å². The second kappa shape index (κ2) is 8.70. The number of rotatable bonds is 5. The standard InChI is InChI=1S/C25H30N2O4/c1-24(2,3)31-23(29)19(14-16-9-7-6-8-10-16)27-21-18-13-17(15-26)11-12-20(18)30-25(4,5)22(21)28/h6-13,19,21-22,27-28H,14H2,1-5H3/t19-,21+,22-/m0/s1. The van der Waals surface area contributed by atoms with Crippen molar-refractivity contribution in [2.75, 3.05) is 0 Å². The van der Waals surface area contributed by atoms with Gasteiger partial charge in [0.1, 0.15) is 29.1 Å². The van der Waals surface area contributed by atoms with Crippen LogP contribution in [0.4, 0.5) is 0 Å². The summed E-state index contributed by atoms with van der Waals surface area (Å²) in [7, 11) is 0. The molecule has 2 N–H and O–H groups in total. The highest BCUT2D eigenvalue weighted by molar-refractivity contribution is 5.76. The van der Waals surface area contributed by atoms with Crippen LogP contribution in [0.3, 0.4) is 0 Å². The van der Waals surface area contributed by atoms with Gasteiger partial charge in [0.15, 0.2) is 0 Å². The zero-order chi connectivity index (χ0) is 22.8. The molecule has 2 aromatic rings. The van der Waals surface area contributed by atoms with Gasteiger partial charge in [-0.1, -0.05) is 30.3 Å². The maximum Gasteiger partial charge on any atom is 0.324 e. The minimum Gasteiger partial charge on any atom is -0.485 e. The summed E-state index contributed by atoms with van der Waals surface area (Å²) in [4.78, 5) is 13.1. The Balaban J connectivity index is 1.98. The van der Waals surface area contributed by atoms with Gasteiger partial charge in [0.05, 0.1) is 17.7 Å². The molecule has 0 radical (unpaired) electrons. The number of nitrogens with one attached hydrogen (secondary N) is 1. The van der Waals surface area contributed by atoms with Gasteiger partial charge in [-0.3, -0.25) is 10.1 Å². The quantitative estimate of drug-likeness (QED) is 0.715. The number of benzene rings is 2. The van der Waals surface area contributed by atoms with Gasteiger partial charge in [-0.15, -0.1) is 0 Å². The van der Waals surface area contributed by atoms with Crippen molar-refractivity contribution in [1.82, 2.24) is 5.32 Å². The lowest BCUT2D eigenvalue weighted by molar-refractivity contribution is -0.158. The molecule has 1 aliphatic heterocycles. The first kappa shape index (κ1) is 22.8. The number of fused-ring (bicyclic) bond motifs is 1. The van der Waals surface area contributed by atoms with Gasteiger partial charge in [0.25, 0.3) is 0 Å². The molecule has 3 rings (SSSR count). The Hall–Kier alpha value is -2.88. The normalized spacial score (nSPS) is 20.7. The van der Waals surface area contributed by atoms with E-state index in [-0.39, 0.29) is 0 Å². The fourth-order valence-electron chi connectivity index (χ4n) is 3.70. The first-order valence-electron chi connectivity index (χ1n) is 10.4. The number of nitriles is 1. The molecule has 6 heteroatoms. The number of nitrogens with zero attached hydrogens (tertiary/aromatic N) is 1. The van der Waals surface area contributed by atoms with Crippen molar-refractivity contribution >= 4 is 5.97 Å². The van der Waals surface area contributed by atoms with Gasteiger partial charge in [-0.05, 0) is 64.8 Å². The Morgan fingerprint density at radius 1 is 1.26 bits per heavy atom. The zero-order valence-electron chi connectivity index (χ0n) is 18.7. The van der Waals surface area contributed by atoms with Crippen molar-refractivity contribution in [3.05, 3.63) is 65.2 Å². The number of esters is 1. The molecule has 3 atom stereocenters. The van der Waals surface area contributed by atoms with Crippen LogP contribution in [0.5, 0.6) is 5.75 Å². The fourth-order valence-corrected chi connectivity index (χ4v) is 3.70. The number of aliphatic hydroxyl groups excluding tert-OH is 1. The van der Waals surface area contributed by atoms with Crippen LogP contribution in [0.2, 0.25) is 0 Å². The Morgan fingerprint density at radius 2 is 1.94 bits per heavy atom. The van der Waals surface area contributed by atoms with Crippen molar-refractivity contribution in [3.63, 3.8) is 0 Å². The smallest absolute Gasteiger partial charge is 0.324 e. The summed E-state index contributed by atoms with van der Waals surface area (Å²) in [6.45, 7) is 9.07. The lowest BCUT2D eigenvalue weighted by Crippen LogP contribution is -2.56. The first-order valence-corrected chi connectivity index (χ1v) is 10.4. The Labute approximate surface area is 183 Å². The second-order valence-corrected chi connectivity index (χ2v) is 9.43. The molecule has 0 saturated carbocycles. The first-order chi connectivity index (χ1) is 14.5. The summed E-state index contributed by atoms with van der Waals surface area (Å²) in [6.07, 6.45) is -0.553. The number of aliphatic hydroxyl groups is 1. The van der Waals surface area contributed by atoms with E-state index in [1.165, 1.54) is 0 Å². The highest BCUT2D eigenvalue weighted by Gasteiger charge is 2.44. The van der Waals surface area contributed by atoms with E-state index < -0.39 is 35.4 Å². The summed E-state index contributed by atoms with van der Waals surface area (Å²) in [5.41, 5.74) is 0.542. The number of carbonyl (C=O) groups is 1. The van der Waals surface area contributed by atoms with Crippen LogP contribution in [0.15, 0.2) is 48.5 Å². The van der Waals surface area contributed by atoms with Crippen LogP contribution in [-0.4, -0.2) is 34.4 Å². The lowest BCUT2D eigenvalue weighted by atomic mass is 9.85. The molecule has 0 aromatic heterocycles. The molecule has 0 aliphatic carbocycles. The largest absolute Gasteiger partial charge is 0.485 e. The fraction of sp³-hybridized carbons (Fsp3) is 0.440. The van der Waals surface area contributed by atoms with E-state index in [0.717, 1.165) is 5.56 Å². The molecule has 0 saturated heterocycles. The van der Waals surface area contributed by atoms with Crippen LogP contribution < -0.4 is 10.1 Å². The Kier molecular flexibility index (Phi) is 6.40. The van der Waals surface area contributed by atoms with Crippen molar-refractivity contribution in [2.24, 2.45) is 0 Å². The third-order valence-corrected chi connectivity index (χ3v) is 5.23. The average molecular weight is 423 g/mol. The topological polar surface area (TPSA) is 91.6 Å². The molecule has 0 unspecified atom stereocenters. The second-order valence-electron chi connectivity index (χ2n) is 9.43. The molecular formula is C25H30N2O4. The van der Waals surface area contributed by atoms with Gasteiger partial charge in [-0.2, -0.15) is 5.26 Å². The minimum absolute atomic E-state index is 0.396. The lowest BCUT2D eigenvalue weighted by Gasteiger charge is -2.43. The van der Waals surface area contributed by atoms with E-state index >= 15 is 0 Å². The van der Waals surface area contributed by atoms with Crippen LogP contribution >= 0.6 is 0 Å². The van der Waals surface area contributed by atoms with Crippen molar-refractivity contribution in [1.29, 1.82) is 5.26 Å². The van der Waals surface area contributed by atoms with Gasteiger partial charge in [-0.25, -0.2) is 0 Å². The molecule has 6 nitrogen and oxygen atoms in total. The molecule has 31 heavy (non-hydrogen) atoms. The summed E-state index contributed by atoms with van der Waals surface area (Å²) in [5.74, 6) is 0.181. The van der Waals surface area contributed by atoms with E-state index in [2.05, 4.69) is 11.4 Å². The molecule has 0 fully saturated rings. The third kappa shape index (κ3) is 5.43. The predicted octanol–water partition coefficient (Wildman–Crippen LogP) is 3.67. The minimum atomic E-state index is -0.949. The number of hydrogen-bond donors (Lipinski definition) is 2. The third-order valence-electron chi connectivity index (χ3n) is 5.23. The number of ether oxygens (including phenoxy) is 2. The van der Waals surface area contributed by atoms with E-state index in [0.29, 0.717) is 23.3 Å². The van der Waals surface area contributed by atoms with Gasteiger partial charge in [0, 0.05) is 5.56 Å². The predicted molar refractivity (Wildman–Crippen MR) is 118 cm³/mol. The SMILES string of the molecule is CC(C)(C)OC(=O)[C@H](Cc1ccccc1)N[C@@H]1c2cc(C#N)ccc2OC(C)(C)[C@H]1O. The van der Waals surface area contributed by atoms with Gasteiger partial charge < -0.3 is 14.6 Å². The number of carbonyl (C=O) groups excluding carboxylic acids is 1. The van der Waals surface area contributed by atoms with Crippen molar-refractivity contribution in [3.8, 4) is 11.8 Å². The van der Waals surface area contributed by atoms with Gasteiger partial charge >= 0.3 is 5.97 Å². The maximum atomic E-state index is 13.1. The maximum absolute atomic E-state index is 13.1. The molecule has 1 heterocycles. The van der Waals surface area contributed by atoms with E-state index in [4.69, 9.17) is 9.47 Å². The summed E-state index contributed by atoms with van der Waals surface area (Å²) >= 11 is 0. The Morgan fingerprint density at radius 3 is 2.55 bits per heavy atom. The highest BCUT2D eigenvalue weighted by atomic mass is 16.6. The average Bonchev–Trinajstić information content (AvgIpc) is 2.69. The summed E-state index contributed by atoms with van der Waals surface area (Å²) in [6, 6.07) is 15.6. The molecular weight excluding hydrogens is 392 g/mol. The summed E-state index contributed by atoms with van der Waals surface area (Å²) < 4.78 is 11.7. The monoisotopic (exact) mass is 422 g/mol. The number of hydrogen-bond acceptors (Lipinski definition) is 6. The molecule has 0 amide bonds. The molecule has 1 aliphatic rings. The van der Waals surface area contributed by atoms with Crippen molar-refractivity contribution in [2.45, 2.75) is 70.4 Å². The van der Waals surface area contributed by atoms with Gasteiger partial charge in [0.2, 0.25) is 0 Å². The van der Waals surface area contributed by atoms with Crippen LogP contribution in [0, 0.1) is 11.3 Å². The van der Waals surface area contributed by atoms with E-state index in [1.807, 2.05) is 51.1 Å². The van der Waals surface area contributed by atoms with Crippen LogP contribution in [-0.2, 0) is 16.0 Å². The highest BCUT2D eigenvalue weighted by Crippen LogP contribution is 2.40. The van der Waals surface area contributed by atoms with Crippen molar-refractivity contribution < 1.29 is 19.4 Å². The Bertz CT molecular complexity index is 973. The molecule has 0 spiro atoms. The zero-order valence-corrected chi connectivity index (χ0v) is 18.7. The molecule has 0 bridgehead atoms. The molecule has 164 valence electrons. The van der Waals surface area contributed by atoms with Crippen LogP contribution in [0.25, 0.3) is 0 Å². The van der Waals surface area contributed by atoms with E-state index in [9.17, 15) is 15.2 Å².